The summed E-state index contributed by atoms with van der Waals surface area (Å²) in [6.07, 6.45) is 1.75. The molecular weight excluding hydrogens is 410 g/mol. The first-order valence-electron chi connectivity index (χ1n) is 10.7. The zero-order valence-electron chi connectivity index (χ0n) is 18.2. The van der Waals surface area contributed by atoms with Gasteiger partial charge in [0.05, 0.1) is 0 Å². The molecule has 3 rings (SSSR count). The maximum atomic E-state index is 12.3. The molecule has 2 N–H and O–H groups in total. The van der Waals surface area contributed by atoms with E-state index in [1.807, 2.05) is 50.2 Å². The lowest BCUT2D eigenvalue weighted by Gasteiger charge is -2.32. The van der Waals surface area contributed by atoms with Crippen molar-refractivity contribution in [3.05, 3.63) is 65.2 Å². The van der Waals surface area contributed by atoms with Crippen molar-refractivity contribution in [2.24, 2.45) is 0 Å². The Kier molecular flexibility index (Phi) is 8.37. The highest BCUT2D eigenvalue weighted by molar-refractivity contribution is 7.86. The fraction of sp³-hybridized carbons (Fsp3) is 0.417. The second-order valence-corrected chi connectivity index (χ2v) is 9.58. The summed E-state index contributed by atoms with van der Waals surface area (Å²) in [7, 11) is -1.54. The van der Waals surface area contributed by atoms with Gasteiger partial charge < -0.3 is 10.6 Å². The van der Waals surface area contributed by atoms with Crippen molar-refractivity contribution in [1.29, 1.82) is 0 Å². The first-order valence-corrected chi connectivity index (χ1v) is 12.2. The number of nitrogens with one attached hydrogen (secondary N) is 2. The SMILES string of the molecule is Cc1cccc(NC(=O)CS(=O)CC(=O)NC2CCN(Cc3ccccc3)CC2)c1C. The van der Waals surface area contributed by atoms with E-state index in [1.165, 1.54) is 5.56 Å². The average molecular weight is 442 g/mol. The lowest BCUT2D eigenvalue weighted by atomic mass is 10.0. The normalized spacial score (nSPS) is 15.9. The Morgan fingerprint density at radius 3 is 2.35 bits per heavy atom. The third-order valence-corrected chi connectivity index (χ3v) is 6.83. The number of piperidine rings is 1. The largest absolute Gasteiger partial charge is 0.352 e. The molecule has 2 amide bonds. The molecule has 1 aliphatic heterocycles. The summed E-state index contributed by atoms with van der Waals surface area (Å²) in [5.74, 6) is -0.922. The molecule has 1 heterocycles. The Bertz CT molecular complexity index is 925. The number of amides is 2. The molecule has 2 aromatic carbocycles. The Labute approximate surface area is 186 Å². The van der Waals surface area contributed by atoms with Gasteiger partial charge in [-0.2, -0.15) is 0 Å². The molecule has 2 aromatic rings. The van der Waals surface area contributed by atoms with Crippen LogP contribution in [-0.4, -0.2) is 51.6 Å². The highest BCUT2D eigenvalue weighted by atomic mass is 32.2. The van der Waals surface area contributed by atoms with Gasteiger partial charge in [-0.25, -0.2) is 0 Å². The highest BCUT2D eigenvalue weighted by Gasteiger charge is 2.22. The molecule has 0 radical (unpaired) electrons. The number of carbonyl (C=O) groups excluding carboxylic acids is 2. The van der Waals surface area contributed by atoms with Crippen LogP contribution in [0.25, 0.3) is 0 Å². The number of benzene rings is 2. The predicted octanol–water partition coefficient (Wildman–Crippen LogP) is 2.77. The van der Waals surface area contributed by atoms with Gasteiger partial charge in [-0.3, -0.25) is 18.7 Å². The predicted molar refractivity (Wildman–Crippen MR) is 125 cm³/mol. The summed E-state index contributed by atoms with van der Waals surface area (Å²) >= 11 is 0. The Balaban J connectivity index is 1.37. The minimum Gasteiger partial charge on any atom is -0.352 e. The smallest absolute Gasteiger partial charge is 0.237 e. The Hall–Kier alpha value is -2.51. The van der Waals surface area contributed by atoms with Crippen molar-refractivity contribution in [3.63, 3.8) is 0 Å². The molecule has 0 aromatic heterocycles. The van der Waals surface area contributed by atoms with Gasteiger partial charge in [-0.15, -0.1) is 0 Å². The van der Waals surface area contributed by atoms with E-state index in [0.29, 0.717) is 5.69 Å². The van der Waals surface area contributed by atoms with Crippen molar-refractivity contribution in [2.75, 3.05) is 29.9 Å². The minimum atomic E-state index is -1.54. The van der Waals surface area contributed by atoms with Crippen LogP contribution in [0.4, 0.5) is 5.69 Å². The van der Waals surface area contributed by atoms with Gasteiger partial charge >= 0.3 is 0 Å². The number of likely N-dealkylation sites (tertiary alicyclic amines) is 1. The molecule has 0 aliphatic carbocycles. The van der Waals surface area contributed by atoms with Gasteiger partial charge in [-0.05, 0) is 49.4 Å². The van der Waals surface area contributed by atoms with Crippen LogP contribution in [0.2, 0.25) is 0 Å². The van der Waals surface area contributed by atoms with E-state index in [4.69, 9.17) is 0 Å². The van der Waals surface area contributed by atoms with Gasteiger partial charge in [0, 0.05) is 42.2 Å². The molecule has 1 saturated heterocycles. The second kappa shape index (κ2) is 11.2. The van der Waals surface area contributed by atoms with Gasteiger partial charge in [0.2, 0.25) is 11.8 Å². The standard InChI is InChI=1S/C24H31N3O3S/c1-18-7-6-10-22(19(18)2)26-24(29)17-31(30)16-23(28)25-21-11-13-27(14-12-21)15-20-8-4-3-5-9-20/h3-10,21H,11-17H2,1-2H3,(H,25,28)(H,26,29). The number of hydrogen-bond donors (Lipinski definition) is 2. The van der Waals surface area contributed by atoms with Crippen LogP contribution < -0.4 is 10.6 Å². The van der Waals surface area contributed by atoms with E-state index in [-0.39, 0.29) is 29.4 Å². The van der Waals surface area contributed by atoms with Gasteiger partial charge in [0.25, 0.3) is 0 Å². The summed E-state index contributed by atoms with van der Waals surface area (Å²) in [4.78, 5) is 26.9. The second-order valence-electron chi connectivity index (χ2n) is 8.13. The topological polar surface area (TPSA) is 78.5 Å². The maximum Gasteiger partial charge on any atom is 0.237 e. The minimum absolute atomic E-state index is 0.0975. The fourth-order valence-electron chi connectivity index (χ4n) is 3.76. The highest BCUT2D eigenvalue weighted by Crippen LogP contribution is 2.18. The molecule has 0 spiro atoms. The third kappa shape index (κ3) is 7.29. The first kappa shape index (κ1) is 23.2. The zero-order chi connectivity index (χ0) is 22.2. The maximum absolute atomic E-state index is 12.3. The molecule has 1 fully saturated rings. The first-order chi connectivity index (χ1) is 14.9. The van der Waals surface area contributed by atoms with Crippen LogP contribution in [0.3, 0.4) is 0 Å². The zero-order valence-corrected chi connectivity index (χ0v) is 19.0. The number of aryl methyl sites for hydroxylation is 1. The van der Waals surface area contributed by atoms with Crippen molar-refractivity contribution >= 4 is 28.3 Å². The number of nitrogens with zero attached hydrogens (tertiary/aromatic N) is 1. The Morgan fingerprint density at radius 1 is 0.968 bits per heavy atom. The molecule has 166 valence electrons. The Morgan fingerprint density at radius 2 is 1.65 bits per heavy atom. The van der Waals surface area contributed by atoms with E-state index in [0.717, 1.165) is 43.6 Å². The van der Waals surface area contributed by atoms with E-state index in [9.17, 15) is 13.8 Å². The average Bonchev–Trinajstić information content (AvgIpc) is 2.73. The van der Waals surface area contributed by atoms with Crippen molar-refractivity contribution in [2.45, 2.75) is 39.3 Å². The number of carbonyl (C=O) groups is 2. The van der Waals surface area contributed by atoms with Crippen LogP contribution in [0.5, 0.6) is 0 Å². The van der Waals surface area contributed by atoms with Gasteiger partial charge in [0.15, 0.2) is 0 Å². The van der Waals surface area contributed by atoms with E-state index >= 15 is 0 Å². The lowest BCUT2D eigenvalue weighted by Crippen LogP contribution is -2.45. The fourth-order valence-corrected chi connectivity index (χ4v) is 4.61. The summed E-state index contributed by atoms with van der Waals surface area (Å²) in [6, 6.07) is 16.1. The number of anilines is 1. The van der Waals surface area contributed by atoms with Crippen LogP contribution in [-0.2, 0) is 26.9 Å². The van der Waals surface area contributed by atoms with E-state index < -0.39 is 10.8 Å². The quantitative estimate of drug-likeness (QED) is 0.660. The molecule has 7 heteroatoms. The summed E-state index contributed by atoms with van der Waals surface area (Å²) in [5.41, 5.74) is 4.07. The van der Waals surface area contributed by atoms with Gasteiger partial charge in [-0.1, -0.05) is 42.5 Å². The van der Waals surface area contributed by atoms with Crippen LogP contribution in [0.1, 0.15) is 29.5 Å². The van der Waals surface area contributed by atoms with Crippen molar-refractivity contribution in [3.8, 4) is 0 Å². The van der Waals surface area contributed by atoms with Crippen molar-refractivity contribution in [1.82, 2.24) is 10.2 Å². The van der Waals surface area contributed by atoms with Crippen molar-refractivity contribution < 1.29 is 13.8 Å². The molecule has 1 aliphatic rings. The molecule has 0 bridgehead atoms. The summed E-state index contributed by atoms with van der Waals surface area (Å²) < 4.78 is 12.3. The molecule has 6 nitrogen and oxygen atoms in total. The molecule has 31 heavy (non-hydrogen) atoms. The monoisotopic (exact) mass is 441 g/mol. The molecule has 1 unspecified atom stereocenters. The number of hydrogen-bond acceptors (Lipinski definition) is 4. The summed E-state index contributed by atoms with van der Waals surface area (Å²) in [6.45, 7) is 6.66. The van der Waals surface area contributed by atoms with Crippen LogP contribution in [0.15, 0.2) is 48.5 Å². The lowest BCUT2D eigenvalue weighted by molar-refractivity contribution is -0.119. The van der Waals surface area contributed by atoms with E-state index in [1.54, 1.807) is 0 Å². The van der Waals surface area contributed by atoms with Crippen LogP contribution >= 0.6 is 0 Å². The number of rotatable bonds is 8. The molecule has 1 atom stereocenters. The van der Waals surface area contributed by atoms with E-state index in [2.05, 4.69) is 27.7 Å². The third-order valence-electron chi connectivity index (χ3n) is 5.66. The summed E-state index contributed by atoms with van der Waals surface area (Å²) in [5, 5.41) is 5.78. The molecule has 0 saturated carbocycles. The molecular formula is C24H31N3O3S. The van der Waals surface area contributed by atoms with Gasteiger partial charge in [0.1, 0.15) is 11.5 Å². The van der Waals surface area contributed by atoms with Crippen LogP contribution in [0, 0.1) is 13.8 Å².